The lowest BCUT2D eigenvalue weighted by Gasteiger charge is -2.39. The molecule has 1 aliphatic heterocycles. The van der Waals surface area contributed by atoms with Crippen molar-refractivity contribution in [3.63, 3.8) is 0 Å². The number of nitrogens with one attached hydrogen (secondary N) is 1. The van der Waals surface area contributed by atoms with Crippen LogP contribution in [-0.2, 0) is 14.2 Å². The summed E-state index contributed by atoms with van der Waals surface area (Å²) in [4.78, 5) is 11.8. The lowest BCUT2D eigenvalue weighted by molar-refractivity contribution is -0.183. The second kappa shape index (κ2) is 5.26. The molecule has 1 amide bonds. The molecule has 0 aromatic heterocycles. The average molecular weight is 272 g/mol. The molecule has 1 spiro atoms. The van der Waals surface area contributed by atoms with E-state index in [4.69, 9.17) is 19.9 Å². The zero-order valence-corrected chi connectivity index (χ0v) is 11.9. The fraction of sp³-hybridized carbons (Fsp3) is 0.923. The topological polar surface area (TPSA) is 82.8 Å². The van der Waals surface area contributed by atoms with Crippen LogP contribution in [0.5, 0.6) is 0 Å². The van der Waals surface area contributed by atoms with Gasteiger partial charge in [0.2, 0.25) is 0 Å². The Morgan fingerprint density at radius 3 is 2.58 bits per heavy atom. The lowest BCUT2D eigenvalue weighted by Crippen LogP contribution is -2.56. The zero-order valence-electron chi connectivity index (χ0n) is 11.9. The number of carbonyl (C=O) groups excluding carboxylic acids is 1. The lowest BCUT2D eigenvalue weighted by atomic mass is 9.86. The molecular formula is C13H24N2O4. The van der Waals surface area contributed by atoms with Gasteiger partial charge < -0.3 is 25.3 Å². The van der Waals surface area contributed by atoms with Gasteiger partial charge in [-0.25, -0.2) is 4.79 Å². The number of nitrogens with two attached hydrogens (primary N) is 1. The molecule has 6 heteroatoms. The highest BCUT2D eigenvalue weighted by Crippen LogP contribution is 2.35. The predicted octanol–water partition coefficient (Wildman–Crippen LogP) is 1.13. The SMILES string of the molecule is CC(C)(C)OC(=O)N[C@@H]1CC2(CC[C@H]1N)OCCO2. The number of alkyl carbamates (subject to hydrolysis) is 1. The smallest absolute Gasteiger partial charge is 0.407 e. The van der Waals surface area contributed by atoms with E-state index in [0.29, 0.717) is 19.6 Å². The van der Waals surface area contributed by atoms with Crippen LogP contribution in [0.15, 0.2) is 0 Å². The van der Waals surface area contributed by atoms with Crippen LogP contribution in [0.2, 0.25) is 0 Å². The van der Waals surface area contributed by atoms with E-state index in [1.165, 1.54) is 0 Å². The van der Waals surface area contributed by atoms with Crippen molar-refractivity contribution in [2.24, 2.45) is 5.73 Å². The maximum Gasteiger partial charge on any atom is 0.407 e. The van der Waals surface area contributed by atoms with Crippen LogP contribution in [0, 0.1) is 0 Å². The van der Waals surface area contributed by atoms with Gasteiger partial charge >= 0.3 is 6.09 Å². The van der Waals surface area contributed by atoms with E-state index in [1.807, 2.05) is 20.8 Å². The van der Waals surface area contributed by atoms with Gasteiger partial charge in [0.15, 0.2) is 5.79 Å². The Labute approximate surface area is 113 Å². The Kier molecular flexibility index (Phi) is 4.03. The first kappa shape index (κ1) is 14.6. The minimum absolute atomic E-state index is 0.0917. The van der Waals surface area contributed by atoms with Crippen LogP contribution in [0.1, 0.15) is 40.0 Å². The third kappa shape index (κ3) is 3.81. The molecule has 1 heterocycles. The molecule has 2 atom stereocenters. The third-order valence-electron chi connectivity index (χ3n) is 3.42. The van der Waals surface area contributed by atoms with Crippen molar-refractivity contribution >= 4 is 6.09 Å². The molecule has 110 valence electrons. The van der Waals surface area contributed by atoms with Crippen molar-refractivity contribution in [1.82, 2.24) is 5.32 Å². The first-order valence-corrected chi connectivity index (χ1v) is 6.83. The fourth-order valence-corrected chi connectivity index (χ4v) is 2.55. The quantitative estimate of drug-likeness (QED) is 0.748. The first-order valence-electron chi connectivity index (χ1n) is 6.83. The monoisotopic (exact) mass is 272 g/mol. The number of hydrogen-bond donors (Lipinski definition) is 2. The molecule has 19 heavy (non-hydrogen) atoms. The summed E-state index contributed by atoms with van der Waals surface area (Å²) in [5.74, 6) is -0.560. The van der Waals surface area contributed by atoms with E-state index in [2.05, 4.69) is 5.32 Å². The van der Waals surface area contributed by atoms with Crippen LogP contribution in [-0.4, -0.2) is 42.8 Å². The first-order chi connectivity index (χ1) is 8.80. The molecule has 0 bridgehead atoms. The van der Waals surface area contributed by atoms with Crippen LogP contribution in [0.4, 0.5) is 4.79 Å². The summed E-state index contributed by atoms with van der Waals surface area (Å²) >= 11 is 0. The summed E-state index contributed by atoms with van der Waals surface area (Å²) in [6.45, 7) is 6.71. The number of carbonyl (C=O) groups is 1. The average Bonchev–Trinajstić information content (AvgIpc) is 2.70. The number of ether oxygens (including phenoxy) is 3. The molecule has 0 unspecified atom stereocenters. The van der Waals surface area contributed by atoms with Crippen LogP contribution in [0.3, 0.4) is 0 Å². The van der Waals surface area contributed by atoms with Gasteiger partial charge in [-0.05, 0) is 27.2 Å². The number of hydrogen-bond acceptors (Lipinski definition) is 5. The molecule has 0 aromatic rings. The maximum atomic E-state index is 11.8. The van der Waals surface area contributed by atoms with Crippen molar-refractivity contribution < 1.29 is 19.0 Å². The molecule has 1 saturated carbocycles. The minimum Gasteiger partial charge on any atom is -0.444 e. The second-order valence-electron chi connectivity index (χ2n) is 6.27. The van der Waals surface area contributed by atoms with Gasteiger partial charge in [0.1, 0.15) is 5.60 Å². The van der Waals surface area contributed by atoms with Gasteiger partial charge in [0.05, 0.1) is 19.3 Å². The summed E-state index contributed by atoms with van der Waals surface area (Å²) in [7, 11) is 0. The van der Waals surface area contributed by atoms with Crippen molar-refractivity contribution in [3.8, 4) is 0 Å². The van der Waals surface area contributed by atoms with E-state index in [0.717, 1.165) is 12.8 Å². The minimum atomic E-state index is -0.560. The van der Waals surface area contributed by atoms with E-state index in [9.17, 15) is 4.79 Å². The second-order valence-corrected chi connectivity index (χ2v) is 6.27. The maximum absolute atomic E-state index is 11.8. The van der Waals surface area contributed by atoms with Gasteiger partial charge in [0, 0.05) is 18.9 Å². The summed E-state index contributed by atoms with van der Waals surface area (Å²) in [6, 6.07) is -0.271. The molecule has 2 fully saturated rings. The Hall–Kier alpha value is -0.850. The zero-order chi connectivity index (χ0) is 14.1. The predicted molar refractivity (Wildman–Crippen MR) is 69.6 cm³/mol. The summed E-state index contributed by atoms with van der Waals surface area (Å²) < 4.78 is 16.6. The Bertz CT molecular complexity index is 334. The third-order valence-corrected chi connectivity index (χ3v) is 3.42. The fourth-order valence-electron chi connectivity index (χ4n) is 2.55. The molecule has 1 aliphatic carbocycles. The molecule has 0 aromatic carbocycles. The van der Waals surface area contributed by atoms with Crippen molar-refractivity contribution in [2.45, 2.75) is 63.5 Å². The van der Waals surface area contributed by atoms with Crippen molar-refractivity contribution in [1.29, 1.82) is 0 Å². The molecule has 2 aliphatic rings. The van der Waals surface area contributed by atoms with E-state index < -0.39 is 17.5 Å². The van der Waals surface area contributed by atoms with Gasteiger partial charge in [-0.3, -0.25) is 0 Å². The van der Waals surface area contributed by atoms with Crippen LogP contribution >= 0.6 is 0 Å². The highest BCUT2D eigenvalue weighted by atomic mass is 16.7. The highest BCUT2D eigenvalue weighted by Gasteiger charge is 2.44. The molecule has 3 N–H and O–H groups in total. The van der Waals surface area contributed by atoms with Crippen molar-refractivity contribution in [2.75, 3.05) is 13.2 Å². The van der Waals surface area contributed by atoms with Gasteiger partial charge in [-0.15, -0.1) is 0 Å². The molecule has 1 saturated heterocycles. The highest BCUT2D eigenvalue weighted by molar-refractivity contribution is 5.68. The summed E-state index contributed by atoms with van der Waals surface area (Å²) in [5, 5.41) is 2.83. The van der Waals surface area contributed by atoms with E-state index in [1.54, 1.807) is 0 Å². The normalized spacial score (nSPS) is 30.3. The van der Waals surface area contributed by atoms with Gasteiger partial charge in [0.25, 0.3) is 0 Å². The molecule has 0 radical (unpaired) electrons. The summed E-state index contributed by atoms with van der Waals surface area (Å²) in [6.07, 6.45) is 1.68. The van der Waals surface area contributed by atoms with Gasteiger partial charge in [-0.1, -0.05) is 0 Å². The van der Waals surface area contributed by atoms with E-state index >= 15 is 0 Å². The molecular weight excluding hydrogens is 248 g/mol. The van der Waals surface area contributed by atoms with Crippen LogP contribution in [0.25, 0.3) is 0 Å². The summed E-state index contributed by atoms with van der Waals surface area (Å²) in [5.41, 5.74) is 5.55. The number of rotatable bonds is 1. The Morgan fingerprint density at radius 1 is 1.37 bits per heavy atom. The Balaban J connectivity index is 1.92. The van der Waals surface area contributed by atoms with E-state index in [-0.39, 0.29) is 12.1 Å². The number of amides is 1. The van der Waals surface area contributed by atoms with Gasteiger partial charge in [-0.2, -0.15) is 0 Å². The molecule has 2 rings (SSSR count). The standard InChI is InChI=1S/C13H24N2O4/c1-12(2,3)19-11(16)15-10-8-13(5-4-9(10)14)17-6-7-18-13/h9-10H,4-8,14H2,1-3H3,(H,15,16)/t9-,10-/m1/s1. The van der Waals surface area contributed by atoms with Crippen LogP contribution < -0.4 is 11.1 Å². The largest absolute Gasteiger partial charge is 0.444 e. The van der Waals surface area contributed by atoms with Crippen molar-refractivity contribution in [3.05, 3.63) is 0 Å². The Morgan fingerprint density at radius 2 is 2.00 bits per heavy atom. The molecule has 6 nitrogen and oxygen atoms in total.